The fraction of sp³-hybridized carbons (Fsp3) is 0.222. The predicted molar refractivity (Wildman–Crippen MR) is 48.2 cm³/mol. The zero-order valence-electron chi connectivity index (χ0n) is 7.57. The molecule has 0 saturated carbocycles. The molecule has 6 heteroatoms. The molecule has 1 heterocycles. The van der Waals surface area contributed by atoms with E-state index >= 15 is 0 Å². The van der Waals surface area contributed by atoms with E-state index in [-0.39, 0.29) is 11.4 Å². The zero-order chi connectivity index (χ0) is 11.4. The number of aliphatic hydroxyl groups excluding tert-OH is 2. The van der Waals surface area contributed by atoms with Crippen LogP contribution in [0.1, 0.15) is 22.3 Å². The molecule has 0 aliphatic heterocycles. The van der Waals surface area contributed by atoms with Gasteiger partial charge in [-0.05, 0) is 12.1 Å². The number of aliphatic hydroxyl groups is 2. The van der Waals surface area contributed by atoms with Crippen molar-refractivity contribution in [1.29, 1.82) is 0 Å². The number of hydrogen-bond donors (Lipinski definition) is 3. The van der Waals surface area contributed by atoms with Gasteiger partial charge in [-0.15, -0.1) is 0 Å². The highest BCUT2D eigenvalue weighted by Gasteiger charge is 2.26. The molecular weight excluding hydrogens is 202 g/mol. The SMILES string of the molecule is O=Cc1cccc(C(O)C(O)C(=O)O)n1. The van der Waals surface area contributed by atoms with E-state index in [0.717, 1.165) is 0 Å². The monoisotopic (exact) mass is 211 g/mol. The Morgan fingerprint density at radius 3 is 2.60 bits per heavy atom. The lowest BCUT2D eigenvalue weighted by Crippen LogP contribution is -2.28. The number of carbonyl (C=O) groups excluding carboxylic acids is 1. The number of pyridine rings is 1. The van der Waals surface area contributed by atoms with E-state index in [1.807, 2.05) is 0 Å². The van der Waals surface area contributed by atoms with Gasteiger partial charge in [0.05, 0.1) is 5.69 Å². The lowest BCUT2D eigenvalue weighted by atomic mass is 10.1. The zero-order valence-corrected chi connectivity index (χ0v) is 7.57. The van der Waals surface area contributed by atoms with Gasteiger partial charge in [-0.3, -0.25) is 4.79 Å². The van der Waals surface area contributed by atoms with Gasteiger partial charge in [0.1, 0.15) is 11.8 Å². The van der Waals surface area contributed by atoms with Gasteiger partial charge in [0, 0.05) is 0 Å². The van der Waals surface area contributed by atoms with Crippen molar-refractivity contribution in [1.82, 2.24) is 4.98 Å². The molecule has 1 aromatic heterocycles. The largest absolute Gasteiger partial charge is 0.479 e. The standard InChI is InChI=1S/C9H9NO5/c11-4-5-2-1-3-6(10-5)7(12)8(13)9(14)15/h1-4,7-8,12-13H,(H,14,15). The summed E-state index contributed by atoms with van der Waals surface area (Å²) in [5.41, 5.74) is -0.00126. The Bertz CT molecular complexity index is 379. The van der Waals surface area contributed by atoms with E-state index in [2.05, 4.69) is 4.98 Å². The lowest BCUT2D eigenvalue weighted by Gasteiger charge is -2.13. The third-order valence-corrected chi connectivity index (χ3v) is 1.77. The van der Waals surface area contributed by atoms with E-state index < -0.39 is 18.2 Å². The number of carboxylic acid groups (broad SMARTS) is 1. The number of carbonyl (C=O) groups is 2. The summed E-state index contributed by atoms with van der Waals surface area (Å²) in [6, 6.07) is 4.16. The molecule has 80 valence electrons. The highest BCUT2D eigenvalue weighted by atomic mass is 16.4. The first-order chi connectivity index (χ1) is 7.06. The molecule has 0 aromatic carbocycles. The molecule has 0 spiro atoms. The van der Waals surface area contributed by atoms with Gasteiger partial charge in [-0.1, -0.05) is 6.07 Å². The van der Waals surface area contributed by atoms with Crippen LogP contribution in [0, 0.1) is 0 Å². The number of aromatic nitrogens is 1. The molecule has 1 rings (SSSR count). The molecule has 2 unspecified atom stereocenters. The van der Waals surface area contributed by atoms with Gasteiger partial charge in [-0.25, -0.2) is 9.78 Å². The van der Waals surface area contributed by atoms with Crippen LogP contribution in [0.5, 0.6) is 0 Å². The summed E-state index contributed by atoms with van der Waals surface area (Å²) >= 11 is 0. The molecule has 0 aliphatic rings. The maximum atomic E-state index is 10.4. The lowest BCUT2D eigenvalue weighted by molar-refractivity contribution is -0.153. The van der Waals surface area contributed by atoms with Crippen LogP contribution in [-0.4, -0.2) is 38.7 Å². The Balaban J connectivity index is 2.95. The summed E-state index contributed by atoms with van der Waals surface area (Å²) in [5, 5.41) is 26.8. The van der Waals surface area contributed by atoms with E-state index in [1.54, 1.807) is 0 Å². The van der Waals surface area contributed by atoms with Crippen LogP contribution >= 0.6 is 0 Å². The highest BCUT2D eigenvalue weighted by Crippen LogP contribution is 2.14. The third kappa shape index (κ3) is 2.58. The first-order valence-corrected chi connectivity index (χ1v) is 4.07. The molecule has 0 fully saturated rings. The molecule has 0 radical (unpaired) electrons. The van der Waals surface area contributed by atoms with Crippen molar-refractivity contribution < 1.29 is 24.9 Å². The number of nitrogens with zero attached hydrogens (tertiary/aromatic N) is 1. The Labute approximate surface area is 84.8 Å². The van der Waals surface area contributed by atoms with E-state index in [1.165, 1.54) is 18.2 Å². The van der Waals surface area contributed by atoms with E-state index in [4.69, 9.17) is 10.2 Å². The second-order valence-electron chi connectivity index (χ2n) is 2.83. The van der Waals surface area contributed by atoms with Gasteiger partial charge in [-0.2, -0.15) is 0 Å². The minimum atomic E-state index is -1.96. The van der Waals surface area contributed by atoms with Crippen LogP contribution in [0.2, 0.25) is 0 Å². The van der Waals surface area contributed by atoms with Crippen molar-refractivity contribution in [3.8, 4) is 0 Å². The minimum Gasteiger partial charge on any atom is -0.479 e. The van der Waals surface area contributed by atoms with Crippen molar-refractivity contribution in [3.63, 3.8) is 0 Å². The molecule has 15 heavy (non-hydrogen) atoms. The summed E-state index contributed by atoms with van der Waals surface area (Å²) in [6.45, 7) is 0. The Morgan fingerprint density at radius 2 is 2.07 bits per heavy atom. The highest BCUT2D eigenvalue weighted by molar-refractivity contribution is 5.73. The van der Waals surface area contributed by atoms with E-state index in [0.29, 0.717) is 6.29 Å². The fourth-order valence-corrected chi connectivity index (χ4v) is 0.996. The fourth-order valence-electron chi connectivity index (χ4n) is 0.996. The molecule has 3 N–H and O–H groups in total. The molecule has 2 atom stereocenters. The number of hydrogen-bond acceptors (Lipinski definition) is 5. The molecule has 0 amide bonds. The van der Waals surface area contributed by atoms with Gasteiger partial charge in [0.15, 0.2) is 12.4 Å². The quantitative estimate of drug-likeness (QED) is 0.572. The van der Waals surface area contributed by atoms with Gasteiger partial charge < -0.3 is 15.3 Å². The van der Waals surface area contributed by atoms with Crippen molar-refractivity contribution in [2.75, 3.05) is 0 Å². The second-order valence-corrected chi connectivity index (χ2v) is 2.83. The summed E-state index contributed by atoms with van der Waals surface area (Å²) < 4.78 is 0. The maximum absolute atomic E-state index is 10.4. The second kappa shape index (κ2) is 4.63. The maximum Gasteiger partial charge on any atom is 0.335 e. The molecule has 0 aliphatic carbocycles. The van der Waals surface area contributed by atoms with E-state index in [9.17, 15) is 14.7 Å². The smallest absolute Gasteiger partial charge is 0.335 e. The Morgan fingerprint density at radius 1 is 1.40 bits per heavy atom. The number of aliphatic carboxylic acids is 1. The van der Waals surface area contributed by atoms with Crippen LogP contribution in [0.4, 0.5) is 0 Å². The summed E-state index contributed by atoms with van der Waals surface area (Å²) in [6.07, 6.45) is -3.15. The number of aldehydes is 1. The summed E-state index contributed by atoms with van der Waals surface area (Å²) in [4.78, 5) is 24.4. The topological polar surface area (TPSA) is 108 Å². The van der Waals surface area contributed by atoms with Crippen LogP contribution in [0.3, 0.4) is 0 Å². The first-order valence-electron chi connectivity index (χ1n) is 4.07. The average molecular weight is 211 g/mol. The Hall–Kier alpha value is -1.79. The molecule has 1 aromatic rings. The number of carboxylic acids is 1. The molecule has 0 bridgehead atoms. The van der Waals surface area contributed by atoms with Crippen molar-refractivity contribution in [2.24, 2.45) is 0 Å². The van der Waals surface area contributed by atoms with Crippen LogP contribution in [-0.2, 0) is 4.79 Å². The van der Waals surface area contributed by atoms with Crippen LogP contribution in [0.25, 0.3) is 0 Å². The first kappa shape index (κ1) is 11.3. The number of rotatable bonds is 4. The van der Waals surface area contributed by atoms with Crippen molar-refractivity contribution in [2.45, 2.75) is 12.2 Å². The summed E-state index contributed by atoms with van der Waals surface area (Å²) in [7, 11) is 0. The third-order valence-electron chi connectivity index (χ3n) is 1.77. The van der Waals surface area contributed by atoms with Crippen LogP contribution in [0.15, 0.2) is 18.2 Å². The van der Waals surface area contributed by atoms with Crippen LogP contribution < -0.4 is 0 Å². The average Bonchev–Trinajstić information content (AvgIpc) is 2.27. The van der Waals surface area contributed by atoms with Gasteiger partial charge in [0.25, 0.3) is 0 Å². The summed E-state index contributed by atoms with van der Waals surface area (Å²) in [5.74, 6) is -1.55. The van der Waals surface area contributed by atoms with Crippen molar-refractivity contribution >= 4 is 12.3 Å². The molecular formula is C9H9NO5. The van der Waals surface area contributed by atoms with Gasteiger partial charge in [0.2, 0.25) is 0 Å². The predicted octanol–water partition coefficient (Wildman–Crippen LogP) is -0.627. The molecule has 6 nitrogen and oxygen atoms in total. The normalized spacial score (nSPS) is 14.3. The van der Waals surface area contributed by atoms with Gasteiger partial charge >= 0.3 is 5.97 Å². The minimum absolute atomic E-state index is 0.0594. The molecule has 0 saturated heterocycles. The van der Waals surface area contributed by atoms with Crippen molar-refractivity contribution in [3.05, 3.63) is 29.6 Å². The Kier molecular flexibility index (Phi) is 3.48.